The number of hydrogen-bond acceptors (Lipinski definition) is 4. The monoisotopic (exact) mass is 431 g/mol. The number of sulfonamides is 1. The number of aryl methyl sites for hydroxylation is 1. The number of carbonyl (C=O) groups is 1. The number of benzene rings is 2. The van der Waals surface area contributed by atoms with Crippen molar-refractivity contribution in [3.8, 4) is 0 Å². The summed E-state index contributed by atoms with van der Waals surface area (Å²) in [5.74, 6) is 0.258. The summed E-state index contributed by atoms with van der Waals surface area (Å²) in [6.07, 6.45) is 1.77. The minimum Gasteiger partial charge on any atom is -0.332 e. The summed E-state index contributed by atoms with van der Waals surface area (Å²) in [5, 5.41) is 5.69. The molecule has 8 heteroatoms. The second-order valence-corrected chi connectivity index (χ2v) is 9.73. The van der Waals surface area contributed by atoms with Crippen molar-refractivity contribution < 1.29 is 13.2 Å². The molecule has 1 fully saturated rings. The average molecular weight is 432 g/mol. The molecule has 1 aliphatic heterocycles. The van der Waals surface area contributed by atoms with Crippen LogP contribution in [0.1, 0.15) is 35.7 Å². The molecule has 0 spiro atoms. The highest BCUT2D eigenvalue weighted by molar-refractivity contribution is 7.89. The smallest absolute Gasteiger partial charge is 0.257 e. The fourth-order valence-electron chi connectivity index (χ4n) is 3.21. The largest absolute Gasteiger partial charge is 0.332 e. The number of rotatable bonds is 4. The number of amides is 1. The van der Waals surface area contributed by atoms with Crippen molar-refractivity contribution in [1.82, 2.24) is 9.62 Å². The van der Waals surface area contributed by atoms with Crippen molar-refractivity contribution in [3.05, 3.63) is 59.7 Å². The zero-order valence-electron chi connectivity index (χ0n) is 16.5. The van der Waals surface area contributed by atoms with Crippen LogP contribution in [0.2, 0.25) is 0 Å². The Kier molecular flexibility index (Phi) is 6.66. The van der Waals surface area contributed by atoms with E-state index in [0.29, 0.717) is 30.3 Å². The molecule has 1 heterocycles. The Morgan fingerprint density at radius 2 is 1.76 bits per heavy atom. The number of nitrogens with one attached hydrogen (secondary N) is 2. The van der Waals surface area contributed by atoms with Gasteiger partial charge in [0, 0.05) is 24.3 Å². The van der Waals surface area contributed by atoms with E-state index >= 15 is 0 Å². The maximum atomic E-state index is 12.8. The first-order valence-corrected chi connectivity index (χ1v) is 11.4. The fraction of sp³-hybridized carbons (Fsp3) is 0.333. The summed E-state index contributed by atoms with van der Waals surface area (Å²) < 4.78 is 27.1. The van der Waals surface area contributed by atoms with Gasteiger partial charge >= 0.3 is 0 Å². The van der Waals surface area contributed by atoms with E-state index in [1.165, 1.54) is 0 Å². The second kappa shape index (κ2) is 9.02. The lowest BCUT2D eigenvalue weighted by Gasteiger charge is -2.29. The first-order chi connectivity index (χ1) is 13.8. The lowest BCUT2D eigenvalue weighted by Crippen LogP contribution is -2.37. The Labute approximate surface area is 177 Å². The van der Waals surface area contributed by atoms with E-state index in [0.717, 1.165) is 18.4 Å². The van der Waals surface area contributed by atoms with Crippen LogP contribution in [0.15, 0.2) is 53.4 Å². The minimum absolute atomic E-state index is 0.150. The van der Waals surface area contributed by atoms with Crippen LogP contribution in [-0.4, -0.2) is 36.8 Å². The Morgan fingerprint density at radius 3 is 2.38 bits per heavy atom. The molecular weight excluding hydrogens is 406 g/mol. The maximum Gasteiger partial charge on any atom is 0.257 e. The SMILES string of the molecule is Cc1cccc(C(=O)NC(=S)Nc2ccc(S(=O)(=O)N3CCC(C)CC3)cc2)c1. The number of piperidine rings is 1. The second-order valence-electron chi connectivity index (χ2n) is 7.39. The highest BCUT2D eigenvalue weighted by Gasteiger charge is 2.27. The van der Waals surface area contributed by atoms with Crippen molar-refractivity contribution in [2.75, 3.05) is 18.4 Å². The summed E-state index contributed by atoms with van der Waals surface area (Å²) >= 11 is 5.20. The Bertz CT molecular complexity index is 996. The van der Waals surface area contributed by atoms with Gasteiger partial charge in [-0.1, -0.05) is 24.6 Å². The van der Waals surface area contributed by atoms with Crippen LogP contribution in [0.5, 0.6) is 0 Å². The predicted molar refractivity (Wildman–Crippen MR) is 118 cm³/mol. The van der Waals surface area contributed by atoms with Gasteiger partial charge in [0.25, 0.3) is 5.91 Å². The average Bonchev–Trinajstić information content (AvgIpc) is 2.68. The van der Waals surface area contributed by atoms with Gasteiger partial charge in [-0.05, 0) is 74.3 Å². The van der Waals surface area contributed by atoms with Crippen molar-refractivity contribution in [3.63, 3.8) is 0 Å². The van der Waals surface area contributed by atoms with Crippen LogP contribution in [0.25, 0.3) is 0 Å². The molecule has 6 nitrogen and oxygen atoms in total. The summed E-state index contributed by atoms with van der Waals surface area (Å²) in [6.45, 7) is 5.16. The first kappa shape index (κ1) is 21.4. The molecule has 2 aromatic rings. The predicted octanol–water partition coefficient (Wildman–Crippen LogP) is 3.54. The van der Waals surface area contributed by atoms with E-state index in [-0.39, 0.29) is 15.9 Å². The van der Waals surface area contributed by atoms with Gasteiger partial charge in [0.05, 0.1) is 4.90 Å². The lowest BCUT2D eigenvalue weighted by atomic mass is 10.0. The zero-order chi connectivity index (χ0) is 21.0. The van der Waals surface area contributed by atoms with E-state index in [4.69, 9.17) is 12.2 Å². The molecular formula is C21H25N3O3S2. The van der Waals surface area contributed by atoms with Gasteiger partial charge in [-0.25, -0.2) is 8.42 Å². The molecule has 0 bridgehead atoms. The summed E-state index contributed by atoms with van der Waals surface area (Å²) in [5.41, 5.74) is 2.11. The molecule has 0 aromatic heterocycles. The molecule has 3 rings (SSSR count). The molecule has 0 radical (unpaired) electrons. The topological polar surface area (TPSA) is 78.5 Å². The molecule has 0 atom stereocenters. The van der Waals surface area contributed by atoms with Crippen molar-refractivity contribution in [1.29, 1.82) is 0 Å². The van der Waals surface area contributed by atoms with E-state index in [1.54, 1.807) is 40.7 Å². The molecule has 29 heavy (non-hydrogen) atoms. The number of anilines is 1. The van der Waals surface area contributed by atoms with Gasteiger partial charge in [0.2, 0.25) is 10.0 Å². The highest BCUT2D eigenvalue weighted by Crippen LogP contribution is 2.24. The zero-order valence-corrected chi connectivity index (χ0v) is 18.1. The highest BCUT2D eigenvalue weighted by atomic mass is 32.2. The summed E-state index contributed by atoms with van der Waals surface area (Å²) in [4.78, 5) is 12.5. The molecule has 1 saturated heterocycles. The molecule has 154 valence electrons. The van der Waals surface area contributed by atoms with Crippen LogP contribution < -0.4 is 10.6 Å². The first-order valence-electron chi connectivity index (χ1n) is 9.55. The Balaban J connectivity index is 1.61. The molecule has 1 amide bonds. The molecule has 2 N–H and O–H groups in total. The van der Waals surface area contributed by atoms with Crippen LogP contribution in [-0.2, 0) is 10.0 Å². The van der Waals surface area contributed by atoms with E-state index < -0.39 is 10.0 Å². The molecule has 0 unspecified atom stereocenters. The molecule has 0 aliphatic carbocycles. The fourth-order valence-corrected chi connectivity index (χ4v) is 4.89. The van der Waals surface area contributed by atoms with E-state index in [2.05, 4.69) is 17.6 Å². The van der Waals surface area contributed by atoms with Crippen LogP contribution in [0.4, 0.5) is 5.69 Å². The summed E-state index contributed by atoms with van der Waals surface area (Å²) in [6, 6.07) is 13.6. The maximum absolute atomic E-state index is 12.8. The molecule has 2 aromatic carbocycles. The minimum atomic E-state index is -3.49. The van der Waals surface area contributed by atoms with Gasteiger partial charge in [-0.3, -0.25) is 10.1 Å². The van der Waals surface area contributed by atoms with Gasteiger partial charge in [-0.2, -0.15) is 4.31 Å². The van der Waals surface area contributed by atoms with Gasteiger partial charge in [0.15, 0.2) is 5.11 Å². The number of thiocarbonyl (C=S) groups is 1. The number of nitrogens with zero attached hydrogens (tertiary/aromatic N) is 1. The van der Waals surface area contributed by atoms with Crippen molar-refractivity contribution in [2.45, 2.75) is 31.6 Å². The van der Waals surface area contributed by atoms with Gasteiger partial charge < -0.3 is 5.32 Å². The third-order valence-corrected chi connectivity index (χ3v) is 7.12. The lowest BCUT2D eigenvalue weighted by molar-refractivity contribution is 0.0977. The standard InChI is InChI=1S/C21H25N3O3S2/c1-15-10-12-24(13-11-15)29(26,27)19-8-6-18(7-9-19)22-21(28)23-20(25)17-5-3-4-16(2)14-17/h3-9,14-15H,10-13H2,1-2H3,(H2,22,23,25,28). The van der Waals surface area contributed by atoms with Crippen molar-refractivity contribution in [2.24, 2.45) is 5.92 Å². The van der Waals surface area contributed by atoms with Crippen molar-refractivity contribution >= 4 is 38.9 Å². The normalized spacial score (nSPS) is 15.7. The van der Waals surface area contributed by atoms with Gasteiger partial charge in [-0.15, -0.1) is 0 Å². The number of hydrogen-bond donors (Lipinski definition) is 2. The number of carbonyl (C=O) groups excluding carboxylic acids is 1. The van der Waals surface area contributed by atoms with Crippen LogP contribution >= 0.6 is 12.2 Å². The van der Waals surface area contributed by atoms with Gasteiger partial charge in [0.1, 0.15) is 0 Å². The molecule has 1 aliphatic rings. The van der Waals surface area contributed by atoms with E-state index in [1.807, 2.05) is 19.1 Å². The van der Waals surface area contributed by atoms with Crippen LogP contribution in [0.3, 0.4) is 0 Å². The van der Waals surface area contributed by atoms with Crippen LogP contribution in [0, 0.1) is 12.8 Å². The Morgan fingerprint density at radius 1 is 1.10 bits per heavy atom. The molecule has 0 saturated carbocycles. The summed E-state index contributed by atoms with van der Waals surface area (Å²) in [7, 11) is -3.49. The Hall–Kier alpha value is -2.29. The quantitative estimate of drug-likeness (QED) is 0.724. The third-order valence-electron chi connectivity index (χ3n) is 5.00. The van der Waals surface area contributed by atoms with E-state index in [9.17, 15) is 13.2 Å². The third kappa shape index (κ3) is 5.41.